The summed E-state index contributed by atoms with van der Waals surface area (Å²) in [7, 11) is 0. The molecule has 0 aromatic heterocycles. The van der Waals surface area contributed by atoms with E-state index in [-0.39, 0.29) is 0 Å². The number of anilines is 1. The van der Waals surface area contributed by atoms with Gasteiger partial charge in [-0.25, -0.2) is 0 Å². The Morgan fingerprint density at radius 2 is 1.32 bits per heavy atom. The first-order valence-corrected chi connectivity index (χ1v) is 11.2. The Bertz CT molecular complexity index is 901. The van der Waals surface area contributed by atoms with Crippen molar-refractivity contribution in [3.05, 3.63) is 102 Å². The van der Waals surface area contributed by atoms with Gasteiger partial charge in [-0.1, -0.05) is 78.9 Å². The third-order valence-electron chi connectivity index (χ3n) is 6.02. The monoisotopic (exact) mass is 412 g/mol. The zero-order valence-electron chi connectivity index (χ0n) is 18.3. The van der Waals surface area contributed by atoms with Crippen molar-refractivity contribution in [2.75, 3.05) is 24.5 Å². The Morgan fingerprint density at radius 3 is 1.84 bits per heavy atom. The summed E-state index contributed by atoms with van der Waals surface area (Å²) in [4.78, 5) is 6.93. The minimum Gasteiger partial charge on any atom is -0.341 e. The first-order valence-electron chi connectivity index (χ1n) is 11.2. The van der Waals surface area contributed by atoms with Crippen LogP contribution in [-0.4, -0.2) is 41.4 Å². The first kappa shape index (κ1) is 21.1. The Labute approximate surface area is 186 Å². The summed E-state index contributed by atoms with van der Waals surface area (Å²) in [6.45, 7) is 6.77. The Hall–Kier alpha value is -3.11. The largest absolute Gasteiger partial charge is 0.341 e. The molecule has 1 N–H and O–H groups in total. The standard InChI is InChI=1S/C27H32N4/c1-2-30-22-26(31(27(30)28)25-16-10-5-11-17-25)18-19-29(20-23-12-6-3-7-13-23)21-24-14-8-4-9-15-24/h3-17,26,28H,2,18-22H2,1H3. The first-order chi connectivity index (χ1) is 15.2. The van der Waals surface area contributed by atoms with Crippen molar-refractivity contribution in [2.24, 2.45) is 0 Å². The van der Waals surface area contributed by atoms with Crippen LogP contribution in [-0.2, 0) is 13.1 Å². The van der Waals surface area contributed by atoms with Crippen LogP contribution >= 0.6 is 0 Å². The number of hydrogen-bond donors (Lipinski definition) is 1. The zero-order valence-corrected chi connectivity index (χ0v) is 18.3. The summed E-state index contributed by atoms with van der Waals surface area (Å²) in [5.41, 5.74) is 3.80. The lowest BCUT2D eigenvalue weighted by molar-refractivity contribution is 0.245. The van der Waals surface area contributed by atoms with Gasteiger partial charge in [0.15, 0.2) is 5.96 Å². The maximum atomic E-state index is 8.71. The van der Waals surface area contributed by atoms with E-state index >= 15 is 0 Å². The third-order valence-corrected chi connectivity index (χ3v) is 6.02. The van der Waals surface area contributed by atoms with Crippen LogP contribution in [0, 0.1) is 5.41 Å². The maximum absolute atomic E-state index is 8.71. The summed E-state index contributed by atoms with van der Waals surface area (Å²) < 4.78 is 0. The lowest BCUT2D eigenvalue weighted by Gasteiger charge is -2.28. The molecular formula is C27H32N4. The third kappa shape index (κ3) is 5.33. The minimum atomic E-state index is 0.309. The van der Waals surface area contributed by atoms with Crippen LogP contribution in [0.25, 0.3) is 0 Å². The molecule has 0 radical (unpaired) electrons. The molecule has 1 saturated heterocycles. The summed E-state index contributed by atoms with van der Waals surface area (Å²) >= 11 is 0. The molecule has 1 atom stereocenters. The second-order valence-electron chi connectivity index (χ2n) is 8.19. The van der Waals surface area contributed by atoms with Crippen molar-refractivity contribution in [3.63, 3.8) is 0 Å². The van der Waals surface area contributed by atoms with E-state index in [2.05, 4.69) is 107 Å². The number of likely N-dealkylation sites (N-methyl/N-ethyl adjacent to an activating group) is 1. The fourth-order valence-electron chi connectivity index (χ4n) is 4.40. The number of nitrogens with zero attached hydrogens (tertiary/aromatic N) is 3. The molecule has 0 amide bonds. The molecule has 1 aliphatic rings. The molecule has 160 valence electrons. The fraction of sp³-hybridized carbons (Fsp3) is 0.296. The molecule has 4 heteroatoms. The Morgan fingerprint density at radius 1 is 0.806 bits per heavy atom. The van der Waals surface area contributed by atoms with Crippen LogP contribution in [0.2, 0.25) is 0 Å². The Balaban J connectivity index is 1.49. The van der Waals surface area contributed by atoms with Gasteiger partial charge in [0.05, 0.1) is 6.04 Å². The number of rotatable bonds is 9. The van der Waals surface area contributed by atoms with Gasteiger partial charge in [-0.3, -0.25) is 10.3 Å². The van der Waals surface area contributed by atoms with E-state index in [1.165, 1.54) is 11.1 Å². The zero-order chi connectivity index (χ0) is 21.5. The van der Waals surface area contributed by atoms with Gasteiger partial charge in [0, 0.05) is 38.4 Å². The molecule has 4 rings (SSSR count). The van der Waals surface area contributed by atoms with Crippen LogP contribution in [0.4, 0.5) is 5.69 Å². The normalized spacial score (nSPS) is 16.3. The van der Waals surface area contributed by atoms with E-state index in [1.54, 1.807) is 0 Å². The van der Waals surface area contributed by atoms with E-state index in [9.17, 15) is 0 Å². The molecule has 1 fully saturated rings. The molecule has 0 spiro atoms. The number of benzene rings is 3. The molecule has 0 bridgehead atoms. The lowest BCUT2D eigenvalue weighted by atomic mass is 10.1. The molecule has 3 aromatic carbocycles. The second-order valence-corrected chi connectivity index (χ2v) is 8.19. The predicted octanol–water partition coefficient (Wildman–Crippen LogP) is 5.22. The highest BCUT2D eigenvalue weighted by molar-refractivity contribution is 5.96. The molecule has 1 heterocycles. The summed E-state index contributed by atoms with van der Waals surface area (Å²) in [6.07, 6.45) is 1.02. The average molecular weight is 413 g/mol. The summed E-state index contributed by atoms with van der Waals surface area (Å²) in [5, 5.41) is 8.71. The molecule has 1 aliphatic heterocycles. The van der Waals surface area contributed by atoms with Crippen LogP contribution < -0.4 is 4.90 Å². The maximum Gasteiger partial charge on any atom is 0.198 e. The summed E-state index contributed by atoms with van der Waals surface area (Å²) in [5.74, 6) is 0.622. The summed E-state index contributed by atoms with van der Waals surface area (Å²) in [6, 6.07) is 32.1. The van der Waals surface area contributed by atoms with Gasteiger partial charge in [0.25, 0.3) is 0 Å². The molecular weight excluding hydrogens is 380 g/mol. The van der Waals surface area contributed by atoms with Gasteiger partial charge in [0.1, 0.15) is 0 Å². The molecule has 0 aliphatic carbocycles. The van der Waals surface area contributed by atoms with Crippen molar-refractivity contribution < 1.29 is 0 Å². The van der Waals surface area contributed by atoms with Gasteiger partial charge in [-0.15, -0.1) is 0 Å². The minimum absolute atomic E-state index is 0.309. The van der Waals surface area contributed by atoms with E-state index in [1.807, 2.05) is 6.07 Å². The molecule has 1 unspecified atom stereocenters. The van der Waals surface area contributed by atoms with E-state index in [0.29, 0.717) is 12.0 Å². The predicted molar refractivity (Wildman–Crippen MR) is 129 cm³/mol. The van der Waals surface area contributed by atoms with Crippen molar-refractivity contribution in [1.29, 1.82) is 5.41 Å². The van der Waals surface area contributed by atoms with Crippen LogP contribution in [0.5, 0.6) is 0 Å². The second kappa shape index (κ2) is 10.3. The number of guanidine groups is 1. The van der Waals surface area contributed by atoms with Crippen LogP contribution in [0.1, 0.15) is 24.5 Å². The number of para-hydroxylation sites is 1. The van der Waals surface area contributed by atoms with Gasteiger partial charge < -0.3 is 9.80 Å². The smallest absolute Gasteiger partial charge is 0.198 e. The fourth-order valence-corrected chi connectivity index (χ4v) is 4.40. The van der Waals surface area contributed by atoms with Gasteiger partial charge in [0.2, 0.25) is 0 Å². The highest BCUT2D eigenvalue weighted by atomic mass is 15.4. The van der Waals surface area contributed by atoms with Crippen molar-refractivity contribution >= 4 is 11.6 Å². The molecule has 3 aromatic rings. The van der Waals surface area contributed by atoms with Crippen molar-refractivity contribution in [1.82, 2.24) is 9.80 Å². The van der Waals surface area contributed by atoms with E-state index < -0.39 is 0 Å². The highest BCUT2D eigenvalue weighted by Crippen LogP contribution is 2.26. The molecule has 4 nitrogen and oxygen atoms in total. The van der Waals surface area contributed by atoms with Gasteiger partial charge in [-0.2, -0.15) is 0 Å². The van der Waals surface area contributed by atoms with Crippen molar-refractivity contribution in [2.45, 2.75) is 32.5 Å². The SMILES string of the molecule is CCN1CC(CCN(Cc2ccccc2)Cc2ccccc2)N(c2ccccc2)C1=N. The molecule has 31 heavy (non-hydrogen) atoms. The highest BCUT2D eigenvalue weighted by Gasteiger charge is 2.34. The van der Waals surface area contributed by atoms with Crippen LogP contribution in [0.3, 0.4) is 0 Å². The van der Waals surface area contributed by atoms with Gasteiger partial charge >= 0.3 is 0 Å². The number of nitrogens with one attached hydrogen (secondary N) is 1. The lowest BCUT2D eigenvalue weighted by Crippen LogP contribution is -2.37. The van der Waals surface area contributed by atoms with E-state index in [4.69, 9.17) is 5.41 Å². The quantitative estimate of drug-likeness (QED) is 0.523. The van der Waals surface area contributed by atoms with E-state index in [0.717, 1.165) is 44.8 Å². The topological polar surface area (TPSA) is 33.6 Å². The van der Waals surface area contributed by atoms with Gasteiger partial charge in [-0.05, 0) is 36.6 Å². The Kier molecular flexibility index (Phi) is 7.00. The molecule has 0 saturated carbocycles. The van der Waals surface area contributed by atoms with Crippen LogP contribution in [0.15, 0.2) is 91.0 Å². The van der Waals surface area contributed by atoms with Crippen molar-refractivity contribution in [3.8, 4) is 0 Å². The average Bonchev–Trinajstić information content (AvgIpc) is 3.14. The number of hydrogen-bond acceptors (Lipinski definition) is 2.